The van der Waals surface area contributed by atoms with E-state index in [-0.39, 0.29) is 23.9 Å². The van der Waals surface area contributed by atoms with Gasteiger partial charge in [0.15, 0.2) is 0 Å². The summed E-state index contributed by atoms with van der Waals surface area (Å²) in [4.78, 5) is 29.4. The minimum Gasteiger partial charge on any atom is -0.352 e. The lowest BCUT2D eigenvalue weighted by Crippen LogP contribution is -2.54. The summed E-state index contributed by atoms with van der Waals surface area (Å²) in [5.74, 6) is 1.68. The normalized spacial score (nSPS) is 26.5. The standard InChI is InChI=1S/C36H47Cl2N3O4S/c1-3-33(35(43)39-28-8-5-4-6-9-28)40(22-30-31(37)10-7-11-32(30)38)34(42)23-41(46(2,44)45)29-14-12-27(13-15-29)36-19-24-16-25(20-36)18-26(17-24)21-36/h7,10-15,24-26,28,33H,3-6,8-9,16-23H2,1-2H3,(H,39,43)/t24?,25?,26?,33-,36?/m0/s1. The number of nitrogens with zero attached hydrogens (tertiary/aromatic N) is 2. The molecule has 0 spiro atoms. The minimum atomic E-state index is -3.84. The van der Waals surface area contributed by atoms with Crippen molar-refractivity contribution in [3.8, 4) is 0 Å². The average molecular weight is 689 g/mol. The lowest BCUT2D eigenvalue weighted by atomic mass is 9.48. The zero-order valence-corrected chi connectivity index (χ0v) is 29.3. The molecule has 0 heterocycles. The first-order valence-corrected chi connectivity index (χ1v) is 19.7. The number of carbonyl (C=O) groups is 2. The minimum absolute atomic E-state index is 0.0174. The van der Waals surface area contributed by atoms with Crippen molar-refractivity contribution in [3.63, 3.8) is 0 Å². The van der Waals surface area contributed by atoms with Crippen LogP contribution >= 0.6 is 23.2 Å². The van der Waals surface area contributed by atoms with E-state index < -0.39 is 28.5 Å². The number of hydrogen-bond donors (Lipinski definition) is 1. The maximum atomic E-state index is 14.2. The summed E-state index contributed by atoms with van der Waals surface area (Å²) in [6.45, 7) is 1.40. The third-order valence-electron chi connectivity index (χ3n) is 11.2. The van der Waals surface area contributed by atoms with Crippen LogP contribution in [-0.2, 0) is 31.6 Å². The molecule has 0 unspecified atom stereocenters. The van der Waals surface area contributed by atoms with Gasteiger partial charge in [0.05, 0.1) is 11.9 Å². The van der Waals surface area contributed by atoms with Gasteiger partial charge in [-0.05, 0) is 111 Å². The number of sulfonamides is 1. The lowest BCUT2D eigenvalue weighted by molar-refractivity contribution is -0.140. The van der Waals surface area contributed by atoms with Gasteiger partial charge in [-0.1, -0.05) is 67.6 Å². The number of anilines is 1. The molecule has 7 rings (SSSR count). The van der Waals surface area contributed by atoms with Gasteiger partial charge >= 0.3 is 0 Å². The van der Waals surface area contributed by atoms with E-state index in [1.54, 1.807) is 18.2 Å². The molecule has 1 N–H and O–H groups in total. The predicted molar refractivity (Wildman–Crippen MR) is 185 cm³/mol. The van der Waals surface area contributed by atoms with Crippen molar-refractivity contribution >= 4 is 50.7 Å². The Hall–Kier alpha value is -2.29. The predicted octanol–water partition coefficient (Wildman–Crippen LogP) is 7.48. The maximum absolute atomic E-state index is 14.2. The maximum Gasteiger partial charge on any atom is 0.244 e. The summed E-state index contributed by atoms with van der Waals surface area (Å²) in [6, 6.07) is 12.2. The molecule has 5 fully saturated rings. The Morgan fingerprint density at radius 2 is 1.48 bits per heavy atom. The van der Waals surface area contributed by atoms with Crippen LogP contribution in [-0.4, -0.2) is 50.0 Å². The first kappa shape index (κ1) is 33.6. The monoisotopic (exact) mass is 687 g/mol. The molecule has 46 heavy (non-hydrogen) atoms. The molecule has 250 valence electrons. The second-order valence-electron chi connectivity index (χ2n) is 14.5. The molecule has 2 aromatic carbocycles. The first-order chi connectivity index (χ1) is 22.0. The van der Waals surface area contributed by atoms with Crippen LogP contribution in [0, 0.1) is 17.8 Å². The Balaban J connectivity index is 1.26. The average Bonchev–Trinajstić information content (AvgIpc) is 3.00. The van der Waals surface area contributed by atoms with E-state index in [2.05, 4.69) is 17.4 Å². The Morgan fingerprint density at radius 3 is 2.00 bits per heavy atom. The number of nitrogens with one attached hydrogen (secondary N) is 1. The van der Waals surface area contributed by atoms with Crippen molar-refractivity contribution < 1.29 is 18.0 Å². The number of carbonyl (C=O) groups excluding carboxylic acids is 2. The summed E-state index contributed by atoms with van der Waals surface area (Å²) in [5, 5.41) is 3.93. The second kappa shape index (κ2) is 13.7. The highest BCUT2D eigenvalue weighted by molar-refractivity contribution is 7.92. The molecule has 2 amide bonds. The van der Waals surface area contributed by atoms with Crippen LogP contribution in [0.25, 0.3) is 0 Å². The third-order valence-corrected chi connectivity index (χ3v) is 13.1. The van der Waals surface area contributed by atoms with E-state index in [4.69, 9.17) is 23.2 Å². The molecule has 5 aliphatic rings. The van der Waals surface area contributed by atoms with E-state index in [1.165, 1.54) is 49.0 Å². The number of rotatable bonds is 11. The molecule has 1 atom stereocenters. The summed E-state index contributed by atoms with van der Waals surface area (Å²) in [7, 11) is -3.84. The molecule has 5 aliphatic carbocycles. The highest BCUT2D eigenvalue weighted by Crippen LogP contribution is 2.60. The van der Waals surface area contributed by atoms with Gasteiger partial charge in [-0.15, -0.1) is 0 Å². The van der Waals surface area contributed by atoms with Crippen LogP contribution in [0.4, 0.5) is 5.69 Å². The molecule has 4 bridgehead atoms. The number of benzene rings is 2. The van der Waals surface area contributed by atoms with E-state index in [0.717, 1.165) is 60.4 Å². The number of amides is 2. The van der Waals surface area contributed by atoms with Gasteiger partial charge in [0.2, 0.25) is 21.8 Å². The van der Waals surface area contributed by atoms with Crippen molar-refractivity contribution in [3.05, 3.63) is 63.6 Å². The molecular weight excluding hydrogens is 641 g/mol. The van der Waals surface area contributed by atoms with Gasteiger partial charge in [0, 0.05) is 28.2 Å². The fourth-order valence-corrected chi connectivity index (χ4v) is 10.7. The zero-order chi connectivity index (χ0) is 32.6. The Bertz CT molecular complexity index is 1490. The van der Waals surface area contributed by atoms with Crippen LogP contribution in [0.5, 0.6) is 0 Å². The van der Waals surface area contributed by atoms with E-state index in [1.807, 2.05) is 19.1 Å². The van der Waals surface area contributed by atoms with E-state index in [0.29, 0.717) is 27.7 Å². The van der Waals surface area contributed by atoms with Gasteiger partial charge in [-0.25, -0.2) is 8.42 Å². The first-order valence-electron chi connectivity index (χ1n) is 17.1. The van der Waals surface area contributed by atoms with Gasteiger partial charge in [0.25, 0.3) is 0 Å². The van der Waals surface area contributed by atoms with Crippen molar-refractivity contribution in [2.75, 3.05) is 17.1 Å². The quantitative estimate of drug-likeness (QED) is 0.265. The van der Waals surface area contributed by atoms with Crippen LogP contribution in [0.2, 0.25) is 10.0 Å². The number of halogens is 2. The topological polar surface area (TPSA) is 86.8 Å². The fraction of sp³-hybridized carbons (Fsp3) is 0.611. The Kier molecular flexibility index (Phi) is 9.99. The SMILES string of the molecule is CC[C@@H](C(=O)NC1CCCCC1)N(Cc1c(Cl)cccc1Cl)C(=O)CN(c1ccc(C23CC4CC(CC(C4)C2)C3)cc1)S(C)(=O)=O. The lowest BCUT2D eigenvalue weighted by Gasteiger charge is -2.57. The van der Waals surface area contributed by atoms with Crippen molar-refractivity contribution in [1.29, 1.82) is 0 Å². The molecule has 10 heteroatoms. The second-order valence-corrected chi connectivity index (χ2v) is 17.2. The molecule has 7 nitrogen and oxygen atoms in total. The summed E-state index contributed by atoms with van der Waals surface area (Å²) in [6.07, 6.45) is 14.3. The molecular formula is C36H47Cl2N3O4S. The molecule has 0 aromatic heterocycles. The number of hydrogen-bond acceptors (Lipinski definition) is 4. The third kappa shape index (κ3) is 7.09. The van der Waals surface area contributed by atoms with Crippen LogP contribution in [0.15, 0.2) is 42.5 Å². The van der Waals surface area contributed by atoms with Crippen molar-refractivity contribution in [1.82, 2.24) is 10.2 Å². The van der Waals surface area contributed by atoms with Gasteiger partial charge in [-0.2, -0.15) is 0 Å². The highest BCUT2D eigenvalue weighted by atomic mass is 35.5. The summed E-state index contributed by atoms with van der Waals surface area (Å²) >= 11 is 13.1. The van der Waals surface area contributed by atoms with E-state index in [9.17, 15) is 18.0 Å². The molecule has 0 aliphatic heterocycles. The fourth-order valence-electron chi connectivity index (χ4n) is 9.38. The zero-order valence-electron chi connectivity index (χ0n) is 27.0. The molecule has 5 saturated carbocycles. The Labute approximate surface area is 284 Å². The van der Waals surface area contributed by atoms with E-state index >= 15 is 0 Å². The largest absolute Gasteiger partial charge is 0.352 e. The highest BCUT2D eigenvalue weighted by Gasteiger charge is 2.51. The van der Waals surface area contributed by atoms with Crippen molar-refractivity contribution in [2.45, 2.75) is 108 Å². The summed E-state index contributed by atoms with van der Waals surface area (Å²) in [5.41, 5.74) is 2.44. The van der Waals surface area contributed by atoms with Crippen LogP contribution in [0.3, 0.4) is 0 Å². The Morgan fingerprint density at radius 1 is 0.913 bits per heavy atom. The smallest absolute Gasteiger partial charge is 0.244 e. The molecule has 0 radical (unpaired) electrons. The van der Waals surface area contributed by atoms with Gasteiger partial charge in [-0.3, -0.25) is 13.9 Å². The van der Waals surface area contributed by atoms with Crippen LogP contribution in [0.1, 0.15) is 95.1 Å². The summed E-state index contributed by atoms with van der Waals surface area (Å²) < 4.78 is 27.6. The molecule has 2 aromatic rings. The van der Waals surface area contributed by atoms with Crippen molar-refractivity contribution in [2.24, 2.45) is 17.8 Å². The molecule has 0 saturated heterocycles. The van der Waals surface area contributed by atoms with Gasteiger partial charge < -0.3 is 10.2 Å². The van der Waals surface area contributed by atoms with Gasteiger partial charge in [0.1, 0.15) is 12.6 Å². The van der Waals surface area contributed by atoms with Crippen LogP contribution < -0.4 is 9.62 Å².